The van der Waals surface area contributed by atoms with Gasteiger partial charge in [0.25, 0.3) is 5.19 Å². The molecule has 0 aliphatic rings. The van der Waals surface area contributed by atoms with Gasteiger partial charge in [0.1, 0.15) is 16.5 Å². The fourth-order valence-corrected chi connectivity index (χ4v) is 2.13. The summed E-state index contributed by atoms with van der Waals surface area (Å²) >= 11 is 4.57. The highest BCUT2D eigenvalue weighted by Crippen LogP contribution is 2.33. The van der Waals surface area contributed by atoms with Crippen LogP contribution in [-0.2, 0) is 6.61 Å². The van der Waals surface area contributed by atoms with Gasteiger partial charge < -0.3 is 14.6 Å². The zero-order valence-electron chi connectivity index (χ0n) is 8.88. The Kier molecular flexibility index (Phi) is 3.93. The first-order valence-electron chi connectivity index (χ1n) is 4.67. The van der Waals surface area contributed by atoms with Crippen molar-refractivity contribution in [2.45, 2.75) is 6.61 Å². The van der Waals surface area contributed by atoms with E-state index in [9.17, 15) is 0 Å². The lowest BCUT2D eigenvalue weighted by Crippen LogP contribution is -1.87. The Morgan fingerprint density at radius 1 is 1.41 bits per heavy atom. The van der Waals surface area contributed by atoms with E-state index in [0.29, 0.717) is 16.0 Å². The van der Waals surface area contributed by atoms with Gasteiger partial charge in [-0.15, -0.1) is 5.10 Å². The molecule has 0 saturated heterocycles. The standard InChI is InChI=1S/C10H9BrN2O3S/c1-15-6-2-3-8(7(11)4-6)16-10-13-12-9(5-14)17-10/h2-4,14H,5H2,1H3. The van der Waals surface area contributed by atoms with Crippen molar-refractivity contribution in [2.75, 3.05) is 7.11 Å². The molecule has 0 radical (unpaired) electrons. The molecule has 0 amide bonds. The van der Waals surface area contributed by atoms with E-state index >= 15 is 0 Å². The first kappa shape index (κ1) is 12.3. The molecule has 7 heteroatoms. The van der Waals surface area contributed by atoms with Gasteiger partial charge in [-0.1, -0.05) is 16.4 Å². The number of hydrogen-bond donors (Lipinski definition) is 1. The molecule has 1 N–H and O–H groups in total. The fraction of sp³-hybridized carbons (Fsp3) is 0.200. The molecule has 0 saturated carbocycles. The molecule has 0 bridgehead atoms. The third kappa shape index (κ3) is 2.93. The van der Waals surface area contributed by atoms with Crippen LogP contribution in [0.2, 0.25) is 0 Å². The normalized spacial score (nSPS) is 10.3. The maximum absolute atomic E-state index is 8.87. The second kappa shape index (κ2) is 5.44. The summed E-state index contributed by atoms with van der Waals surface area (Å²) in [5.74, 6) is 1.35. The molecular weight excluding hydrogens is 308 g/mol. The Morgan fingerprint density at radius 2 is 2.24 bits per heavy atom. The number of aliphatic hydroxyl groups excluding tert-OH is 1. The number of hydrogen-bond acceptors (Lipinski definition) is 6. The summed E-state index contributed by atoms with van der Waals surface area (Å²) in [7, 11) is 1.60. The molecule has 5 nitrogen and oxygen atoms in total. The number of nitrogens with zero attached hydrogens (tertiary/aromatic N) is 2. The van der Waals surface area contributed by atoms with E-state index in [1.807, 2.05) is 0 Å². The van der Waals surface area contributed by atoms with E-state index in [1.54, 1.807) is 25.3 Å². The van der Waals surface area contributed by atoms with Crippen LogP contribution in [0.1, 0.15) is 5.01 Å². The number of aliphatic hydroxyl groups is 1. The van der Waals surface area contributed by atoms with Crippen LogP contribution in [0.15, 0.2) is 22.7 Å². The first-order chi connectivity index (χ1) is 8.22. The average molecular weight is 317 g/mol. The Bertz CT molecular complexity index is 518. The van der Waals surface area contributed by atoms with E-state index in [1.165, 1.54) is 11.3 Å². The van der Waals surface area contributed by atoms with Gasteiger partial charge in [0.05, 0.1) is 18.2 Å². The summed E-state index contributed by atoms with van der Waals surface area (Å²) in [5.41, 5.74) is 0. The predicted molar refractivity (Wildman–Crippen MR) is 66.6 cm³/mol. The third-order valence-corrected chi connectivity index (χ3v) is 3.33. The van der Waals surface area contributed by atoms with E-state index < -0.39 is 0 Å². The molecule has 17 heavy (non-hydrogen) atoms. The number of ether oxygens (including phenoxy) is 2. The number of halogens is 1. The van der Waals surface area contributed by atoms with Crippen LogP contribution in [-0.4, -0.2) is 22.4 Å². The van der Waals surface area contributed by atoms with E-state index in [2.05, 4.69) is 26.1 Å². The highest BCUT2D eigenvalue weighted by atomic mass is 79.9. The molecule has 0 fully saturated rings. The monoisotopic (exact) mass is 316 g/mol. The quantitative estimate of drug-likeness (QED) is 0.939. The van der Waals surface area contributed by atoms with Crippen molar-refractivity contribution < 1.29 is 14.6 Å². The Balaban J connectivity index is 2.18. The Hall–Kier alpha value is -1.18. The van der Waals surface area contributed by atoms with E-state index in [4.69, 9.17) is 14.6 Å². The lowest BCUT2D eigenvalue weighted by molar-refractivity contribution is 0.280. The van der Waals surface area contributed by atoms with Gasteiger partial charge in [-0.2, -0.15) is 0 Å². The van der Waals surface area contributed by atoms with Crippen molar-refractivity contribution in [2.24, 2.45) is 0 Å². The van der Waals surface area contributed by atoms with Crippen molar-refractivity contribution in [1.29, 1.82) is 0 Å². The van der Waals surface area contributed by atoms with E-state index in [-0.39, 0.29) is 6.61 Å². The fourth-order valence-electron chi connectivity index (χ4n) is 1.13. The van der Waals surface area contributed by atoms with E-state index in [0.717, 1.165) is 10.2 Å². The van der Waals surface area contributed by atoms with Gasteiger partial charge in [0.2, 0.25) is 0 Å². The zero-order valence-corrected chi connectivity index (χ0v) is 11.3. The molecular formula is C10H9BrN2O3S. The summed E-state index contributed by atoms with van der Waals surface area (Å²) in [4.78, 5) is 0. The van der Waals surface area contributed by atoms with Crippen molar-refractivity contribution in [3.8, 4) is 16.7 Å². The van der Waals surface area contributed by atoms with Gasteiger partial charge in [-0.25, -0.2) is 0 Å². The minimum absolute atomic E-state index is 0.134. The van der Waals surface area contributed by atoms with Gasteiger partial charge in [-0.05, 0) is 34.1 Å². The largest absolute Gasteiger partial charge is 0.497 e. The maximum Gasteiger partial charge on any atom is 0.299 e. The topological polar surface area (TPSA) is 64.5 Å². The number of methoxy groups -OCH3 is 1. The molecule has 0 aliphatic carbocycles. The van der Waals surface area contributed by atoms with Crippen molar-refractivity contribution in [3.63, 3.8) is 0 Å². The molecule has 2 rings (SSSR count). The highest BCUT2D eigenvalue weighted by molar-refractivity contribution is 9.10. The second-order valence-corrected chi connectivity index (χ2v) is 4.90. The lowest BCUT2D eigenvalue weighted by atomic mass is 10.3. The highest BCUT2D eigenvalue weighted by Gasteiger charge is 2.08. The molecule has 1 heterocycles. The Morgan fingerprint density at radius 3 is 2.82 bits per heavy atom. The lowest BCUT2D eigenvalue weighted by Gasteiger charge is -2.05. The van der Waals surface area contributed by atoms with Crippen LogP contribution < -0.4 is 9.47 Å². The third-order valence-electron chi connectivity index (χ3n) is 1.92. The van der Waals surface area contributed by atoms with Crippen LogP contribution >= 0.6 is 27.3 Å². The van der Waals surface area contributed by atoms with Crippen LogP contribution in [0.3, 0.4) is 0 Å². The predicted octanol–water partition coefficient (Wildman–Crippen LogP) is 2.59. The van der Waals surface area contributed by atoms with Gasteiger partial charge >= 0.3 is 0 Å². The van der Waals surface area contributed by atoms with Crippen molar-refractivity contribution in [1.82, 2.24) is 10.2 Å². The van der Waals surface area contributed by atoms with Crippen LogP contribution in [0.4, 0.5) is 0 Å². The van der Waals surface area contributed by atoms with Crippen LogP contribution in [0.5, 0.6) is 16.7 Å². The molecule has 0 unspecified atom stereocenters. The zero-order chi connectivity index (χ0) is 12.3. The molecule has 1 aromatic heterocycles. The second-order valence-electron chi connectivity index (χ2n) is 3.02. The summed E-state index contributed by atoms with van der Waals surface area (Å²) < 4.78 is 11.4. The molecule has 2 aromatic rings. The number of benzene rings is 1. The summed E-state index contributed by atoms with van der Waals surface area (Å²) in [5, 5.41) is 17.3. The SMILES string of the molecule is COc1ccc(Oc2nnc(CO)s2)c(Br)c1. The molecule has 1 aromatic carbocycles. The average Bonchev–Trinajstić information content (AvgIpc) is 2.79. The smallest absolute Gasteiger partial charge is 0.299 e. The van der Waals surface area contributed by atoms with Gasteiger partial charge in [0.15, 0.2) is 0 Å². The molecule has 0 aliphatic heterocycles. The minimum Gasteiger partial charge on any atom is -0.497 e. The molecule has 0 atom stereocenters. The van der Waals surface area contributed by atoms with Gasteiger partial charge in [0, 0.05) is 0 Å². The number of aromatic nitrogens is 2. The minimum atomic E-state index is -0.134. The summed E-state index contributed by atoms with van der Waals surface area (Å²) in [6.07, 6.45) is 0. The number of rotatable bonds is 4. The van der Waals surface area contributed by atoms with Gasteiger partial charge in [-0.3, -0.25) is 0 Å². The van der Waals surface area contributed by atoms with Crippen LogP contribution in [0.25, 0.3) is 0 Å². The van der Waals surface area contributed by atoms with Crippen molar-refractivity contribution in [3.05, 3.63) is 27.7 Å². The first-order valence-corrected chi connectivity index (χ1v) is 6.28. The summed E-state index contributed by atoms with van der Waals surface area (Å²) in [6.45, 7) is -0.134. The van der Waals surface area contributed by atoms with Crippen molar-refractivity contribution >= 4 is 27.3 Å². The summed E-state index contributed by atoms with van der Waals surface area (Å²) in [6, 6.07) is 5.35. The Labute approximate surface area is 110 Å². The molecule has 0 spiro atoms. The molecule has 90 valence electrons. The van der Waals surface area contributed by atoms with Crippen LogP contribution in [0, 0.1) is 0 Å². The maximum atomic E-state index is 8.87.